The highest BCUT2D eigenvalue weighted by Crippen LogP contribution is 2.29. The van der Waals surface area contributed by atoms with Crippen molar-refractivity contribution in [2.75, 3.05) is 46.4 Å². The molecule has 0 spiro atoms. The lowest BCUT2D eigenvalue weighted by molar-refractivity contribution is -0.137. The molecule has 1 aromatic rings. The van der Waals surface area contributed by atoms with Gasteiger partial charge in [-0.05, 0) is 25.8 Å². The van der Waals surface area contributed by atoms with Crippen molar-refractivity contribution in [2.24, 2.45) is 4.99 Å². The molecule has 0 radical (unpaired) electrons. The number of alkyl halides is 3. The summed E-state index contributed by atoms with van der Waals surface area (Å²) in [5.74, 6) is 0.796. The van der Waals surface area contributed by atoms with E-state index in [0.29, 0.717) is 25.6 Å². The van der Waals surface area contributed by atoms with Gasteiger partial charge < -0.3 is 20.7 Å². The highest BCUT2D eigenvalue weighted by molar-refractivity contribution is 14.0. The first-order chi connectivity index (χ1) is 14.3. The molecule has 0 unspecified atom stereocenters. The maximum Gasteiger partial charge on any atom is 0.417 e. The molecule has 0 saturated carbocycles. The number of nitrogens with zero attached hydrogens (tertiary/aromatic N) is 3. The lowest BCUT2D eigenvalue weighted by Crippen LogP contribution is -2.50. The van der Waals surface area contributed by atoms with E-state index in [1.54, 1.807) is 7.05 Å². The first-order valence-corrected chi connectivity index (χ1v) is 9.95. The van der Waals surface area contributed by atoms with Gasteiger partial charge in [0.15, 0.2) is 5.96 Å². The fourth-order valence-corrected chi connectivity index (χ4v) is 2.97. The number of nitrogens with one attached hydrogen (secondary N) is 3. The topological polar surface area (TPSA) is 90.9 Å². The molecule has 1 aliphatic rings. The highest BCUT2D eigenvalue weighted by Gasteiger charge is 2.30. The van der Waals surface area contributed by atoms with E-state index < -0.39 is 11.7 Å². The Labute approximate surface area is 197 Å². The third-order valence-electron chi connectivity index (χ3n) is 4.59. The van der Waals surface area contributed by atoms with Crippen LogP contribution in [-0.2, 0) is 11.0 Å². The summed E-state index contributed by atoms with van der Waals surface area (Å²) in [5, 5.41) is 9.18. The van der Waals surface area contributed by atoms with E-state index >= 15 is 0 Å². The van der Waals surface area contributed by atoms with Gasteiger partial charge in [-0.3, -0.25) is 9.69 Å². The molecule has 1 amide bonds. The molecular formula is C19H30F3IN6O2. The SMILES string of the molecule is CCNC(=NCCOc1ccc(C(F)(F)F)cn1)NC1CCN(CC(=O)NC)CC1.I. The van der Waals surface area contributed by atoms with E-state index in [0.717, 1.165) is 38.2 Å². The highest BCUT2D eigenvalue weighted by atomic mass is 127. The van der Waals surface area contributed by atoms with Crippen LogP contribution in [0.4, 0.5) is 13.2 Å². The monoisotopic (exact) mass is 558 g/mol. The molecular weight excluding hydrogens is 528 g/mol. The van der Waals surface area contributed by atoms with Crippen LogP contribution in [0.5, 0.6) is 5.88 Å². The molecule has 31 heavy (non-hydrogen) atoms. The molecule has 176 valence electrons. The van der Waals surface area contributed by atoms with Gasteiger partial charge in [-0.2, -0.15) is 13.2 Å². The van der Waals surface area contributed by atoms with Crippen LogP contribution in [0.1, 0.15) is 25.3 Å². The number of rotatable bonds is 8. The number of hydrogen-bond donors (Lipinski definition) is 3. The number of likely N-dealkylation sites (N-methyl/N-ethyl adjacent to an activating group) is 1. The Morgan fingerprint density at radius 2 is 2.03 bits per heavy atom. The number of ether oxygens (including phenoxy) is 1. The number of carbonyl (C=O) groups is 1. The van der Waals surface area contributed by atoms with Crippen molar-refractivity contribution in [1.29, 1.82) is 0 Å². The summed E-state index contributed by atoms with van der Waals surface area (Å²) in [5.41, 5.74) is -0.812. The molecule has 0 atom stereocenters. The van der Waals surface area contributed by atoms with Gasteiger partial charge in [0.25, 0.3) is 0 Å². The number of carbonyl (C=O) groups excluding carboxylic acids is 1. The van der Waals surface area contributed by atoms with E-state index in [-0.39, 0.29) is 48.4 Å². The normalized spacial score (nSPS) is 15.7. The summed E-state index contributed by atoms with van der Waals surface area (Å²) in [4.78, 5) is 21.7. The van der Waals surface area contributed by atoms with Crippen LogP contribution in [0.3, 0.4) is 0 Å². The third kappa shape index (κ3) is 9.89. The molecule has 1 fully saturated rings. The smallest absolute Gasteiger partial charge is 0.417 e. The second-order valence-electron chi connectivity index (χ2n) is 6.86. The summed E-state index contributed by atoms with van der Waals surface area (Å²) in [6, 6.07) is 2.39. The van der Waals surface area contributed by atoms with Gasteiger partial charge in [-0.25, -0.2) is 9.98 Å². The minimum atomic E-state index is -4.42. The Bertz CT molecular complexity index is 695. The predicted octanol–water partition coefficient (Wildman–Crippen LogP) is 1.86. The van der Waals surface area contributed by atoms with Gasteiger partial charge in [0.05, 0.1) is 18.7 Å². The zero-order chi connectivity index (χ0) is 22.0. The van der Waals surface area contributed by atoms with Gasteiger partial charge >= 0.3 is 6.18 Å². The molecule has 1 aliphatic heterocycles. The Kier molecular flexibility index (Phi) is 11.9. The molecule has 3 N–H and O–H groups in total. The van der Waals surface area contributed by atoms with Crippen molar-refractivity contribution in [2.45, 2.75) is 32.0 Å². The van der Waals surface area contributed by atoms with E-state index in [1.165, 1.54) is 6.07 Å². The number of aliphatic imine (C=N–C) groups is 1. The molecule has 2 rings (SSSR count). The van der Waals surface area contributed by atoms with E-state index in [9.17, 15) is 18.0 Å². The van der Waals surface area contributed by atoms with Gasteiger partial charge in [-0.15, -0.1) is 24.0 Å². The first kappa shape index (κ1) is 27.2. The summed E-state index contributed by atoms with van der Waals surface area (Å²) >= 11 is 0. The molecule has 2 heterocycles. The molecule has 8 nitrogen and oxygen atoms in total. The maximum atomic E-state index is 12.5. The fourth-order valence-electron chi connectivity index (χ4n) is 2.97. The second kappa shape index (κ2) is 13.6. The van der Waals surface area contributed by atoms with Crippen LogP contribution < -0.4 is 20.7 Å². The largest absolute Gasteiger partial charge is 0.476 e. The van der Waals surface area contributed by atoms with E-state index in [4.69, 9.17) is 4.74 Å². The fraction of sp³-hybridized carbons (Fsp3) is 0.632. The number of guanidine groups is 1. The Balaban J connectivity index is 0.00000480. The summed E-state index contributed by atoms with van der Waals surface area (Å²) < 4.78 is 43.0. The lowest BCUT2D eigenvalue weighted by atomic mass is 10.1. The number of halogens is 4. The van der Waals surface area contributed by atoms with Crippen molar-refractivity contribution >= 4 is 35.8 Å². The summed E-state index contributed by atoms with van der Waals surface area (Å²) in [7, 11) is 1.63. The first-order valence-electron chi connectivity index (χ1n) is 9.95. The minimum Gasteiger partial charge on any atom is -0.476 e. The molecule has 1 aromatic heterocycles. The van der Waals surface area contributed by atoms with Crippen LogP contribution in [0.25, 0.3) is 0 Å². The summed E-state index contributed by atoms with van der Waals surface area (Å²) in [6.45, 7) is 5.24. The molecule has 0 aliphatic carbocycles. The molecule has 0 aromatic carbocycles. The van der Waals surface area contributed by atoms with Gasteiger partial charge in [0, 0.05) is 45.0 Å². The van der Waals surface area contributed by atoms with Crippen LogP contribution >= 0.6 is 24.0 Å². The van der Waals surface area contributed by atoms with E-state index in [2.05, 4.69) is 30.8 Å². The lowest BCUT2D eigenvalue weighted by Gasteiger charge is -2.32. The maximum absolute atomic E-state index is 12.5. The van der Waals surface area contributed by atoms with Gasteiger partial charge in [0.1, 0.15) is 6.61 Å². The number of piperidine rings is 1. The van der Waals surface area contributed by atoms with Gasteiger partial charge in [-0.1, -0.05) is 0 Å². The second-order valence-corrected chi connectivity index (χ2v) is 6.86. The minimum absolute atomic E-state index is 0. The number of aromatic nitrogens is 1. The number of pyridine rings is 1. The van der Waals surface area contributed by atoms with E-state index in [1.807, 2.05) is 6.92 Å². The van der Waals surface area contributed by atoms with Crippen molar-refractivity contribution in [3.05, 3.63) is 23.9 Å². The number of amides is 1. The van der Waals surface area contributed by atoms with Crippen molar-refractivity contribution in [3.8, 4) is 5.88 Å². The third-order valence-corrected chi connectivity index (χ3v) is 4.59. The Hall–Kier alpha value is -1.83. The summed E-state index contributed by atoms with van der Waals surface area (Å²) in [6.07, 6.45) is -1.87. The number of likely N-dealkylation sites (tertiary alicyclic amines) is 1. The predicted molar refractivity (Wildman–Crippen MR) is 123 cm³/mol. The average molecular weight is 558 g/mol. The number of hydrogen-bond acceptors (Lipinski definition) is 5. The average Bonchev–Trinajstić information content (AvgIpc) is 2.72. The Morgan fingerprint density at radius 3 is 2.58 bits per heavy atom. The zero-order valence-electron chi connectivity index (χ0n) is 17.7. The van der Waals surface area contributed by atoms with Gasteiger partial charge in [0.2, 0.25) is 11.8 Å². The standard InChI is InChI=1S/C19H29F3N6O2.HI/c1-3-24-18(27-15-6-9-28(10-7-15)13-16(29)23-2)25-8-11-30-17-5-4-14(12-26-17)19(20,21)22;/h4-5,12,15H,3,6-11,13H2,1-2H3,(H,23,29)(H2,24,25,27);1H. The molecule has 0 bridgehead atoms. The van der Waals surface area contributed by atoms with Crippen molar-refractivity contribution in [1.82, 2.24) is 25.8 Å². The van der Waals surface area contributed by atoms with Crippen LogP contribution in [0.2, 0.25) is 0 Å². The van der Waals surface area contributed by atoms with Crippen molar-refractivity contribution in [3.63, 3.8) is 0 Å². The molecule has 1 saturated heterocycles. The Morgan fingerprint density at radius 1 is 1.32 bits per heavy atom. The quantitative estimate of drug-likeness (QED) is 0.196. The van der Waals surface area contributed by atoms with Crippen LogP contribution in [-0.4, -0.2) is 74.2 Å². The van der Waals surface area contributed by atoms with Crippen LogP contribution in [0, 0.1) is 0 Å². The van der Waals surface area contributed by atoms with Crippen LogP contribution in [0.15, 0.2) is 23.3 Å². The zero-order valence-corrected chi connectivity index (χ0v) is 20.0. The molecule has 12 heteroatoms. The van der Waals surface area contributed by atoms with Crippen molar-refractivity contribution < 1.29 is 22.7 Å².